The van der Waals surface area contributed by atoms with Crippen LogP contribution in [0.3, 0.4) is 0 Å². The van der Waals surface area contributed by atoms with Crippen LogP contribution in [0.1, 0.15) is 15.9 Å². The van der Waals surface area contributed by atoms with Crippen molar-refractivity contribution in [2.45, 2.75) is 0 Å². The first-order chi connectivity index (χ1) is 12.4. The Hall–Kier alpha value is -1.98. The first-order valence-corrected chi connectivity index (χ1v) is 8.95. The smallest absolute Gasteiger partial charge is 0.259 e. The molecule has 0 unspecified atom stereocenters. The lowest BCUT2D eigenvalue weighted by Gasteiger charge is -2.09. The molecule has 0 fully saturated rings. The van der Waals surface area contributed by atoms with Crippen LogP contribution in [0.25, 0.3) is 10.8 Å². The number of amidine groups is 1. The number of carbonyl (C=O) groups excluding carboxylic acids is 1. The number of amides is 1. The Balaban J connectivity index is 1.99. The van der Waals surface area contributed by atoms with E-state index in [1.807, 2.05) is 36.4 Å². The highest BCUT2D eigenvalue weighted by Gasteiger charge is 2.34. The molecule has 8 heteroatoms. The van der Waals surface area contributed by atoms with Gasteiger partial charge in [0.25, 0.3) is 5.91 Å². The van der Waals surface area contributed by atoms with Crippen LogP contribution in [0.15, 0.2) is 41.4 Å². The number of anilines is 1. The van der Waals surface area contributed by atoms with E-state index in [4.69, 9.17) is 52.1 Å². The number of rotatable bonds is 1. The van der Waals surface area contributed by atoms with Gasteiger partial charge >= 0.3 is 0 Å². The van der Waals surface area contributed by atoms with Gasteiger partial charge in [0.05, 0.1) is 36.9 Å². The SMILES string of the molecule is Nc1cccc2c(N=C3NC(=O)c4c(Cl)c(Cl)c(Cl)c(Cl)c43)cccc12. The molecule has 1 amide bonds. The van der Waals surface area contributed by atoms with E-state index in [2.05, 4.69) is 10.3 Å². The number of nitrogens with one attached hydrogen (secondary N) is 1. The van der Waals surface area contributed by atoms with Crippen LogP contribution in [-0.4, -0.2) is 11.7 Å². The normalized spacial score (nSPS) is 14.8. The number of nitrogens with zero attached hydrogens (tertiary/aromatic N) is 1. The van der Waals surface area contributed by atoms with Crippen LogP contribution >= 0.6 is 46.4 Å². The van der Waals surface area contributed by atoms with Gasteiger partial charge in [-0.2, -0.15) is 0 Å². The van der Waals surface area contributed by atoms with Gasteiger partial charge in [-0.25, -0.2) is 4.99 Å². The minimum absolute atomic E-state index is 0.0337. The Morgan fingerprint density at radius 3 is 2.15 bits per heavy atom. The Morgan fingerprint density at radius 2 is 1.42 bits per heavy atom. The van der Waals surface area contributed by atoms with Gasteiger partial charge in [-0.3, -0.25) is 4.79 Å². The van der Waals surface area contributed by atoms with E-state index in [1.54, 1.807) is 0 Å². The summed E-state index contributed by atoms with van der Waals surface area (Å²) in [5.41, 5.74) is 7.77. The van der Waals surface area contributed by atoms with E-state index < -0.39 is 5.91 Å². The summed E-state index contributed by atoms with van der Waals surface area (Å²) in [5.74, 6) is -0.186. The van der Waals surface area contributed by atoms with Crippen molar-refractivity contribution < 1.29 is 4.79 Å². The molecule has 1 heterocycles. The van der Waals surface area contributed by atoms with Crippen LogP contribution in [-0.2, 0) is 0 Å². The summed E-state index contributed by atoms with van der Waals surface area (Å²) in [6.07, 6.45) is 0. The zero-order chi connectivity index (χ0) is 18.6. The molecule has 3 aromatic rings. The summed E-state index contributed by atoms with van der Waals surface area (Å²) in [6, 6.07) is 11.1. The van der Waals surface area contributed by atoms with Crippen molar-refractivity contribution >= 4 is 80.3 Å². The molecule has 0 spiro atoms. The van der Waals surface area contributed by atoms with Gasteiger partial charge in [0.2, 0.25) is 0 Å². The van der Waals surface area contributed by atoms with Gasteiger partial charge in [-0.15, -0.1) is 0 Å². The van der Waals surface area contributed by atoms with Gasteiger partial charge in [0.15, 0.2) is 0 Å². The van der Waals surface area contributed by atoms with Crippen LogP contribution in [0.2, 0.25) is 20.1 Å². The number of hydrogen-bond donors (Lipinski definition) is 2. The lowest BCUT2D eigenvalue weighted by Crippen LogP contribution is -2.21. The average Bonchev–Trinajstić information content (AvgIpc) is 2.95. The summed E-state index contributed by atoms with van der Waals surface area (Å²) in [4.78, 5) is 16.9. The maximum atomic E-state index is 12.4. The van der Waals surface area contributed by atoms with Gasteiger partial charge in [-0.1, -0.05) is 70.7 Å². The second kappa shape index (κ2) is 6.32. The molecule has 4 rings (SSSR count). The third-order valence-corrected chi connectivity index (χ3v) is 5.93. The summed E-state index contributed by atoms with van der Waals surface area (Å²) >= 11 is 24.7. The van der Waals surface area contributed by atoms with E-state index in [1.165, 1.54) is 0 Å². The predicted molar refractivity (Wildman–Crippen MR) is 109 cm³/mol. The zero-order valence-corrected chi connectivity index (χ0v) is 15.9. The molecule has 0 saturated heterocycles. The van der Waals surface area contributed by atoms with E-state index in [9.17, 15) is 4.79 Å². The maximum Gasteiger partial charge on any atom is 0.259 e. The number of nitrogens with two attached hydrogens (primary N) is 1. The van der Waals surface area contributed by atoms with Crippen molar-refractivity contribution in [1.82, 2.24) is 5.32 Å². The van der Waals surface area contributed by atoms with Crippen molar-refractivity contribution in [3.05, 3.63) is 67.6 Å². The second-order valence-electron chi connectivity index (χ2n) is 5.64. The number of benzene rings is 3. The van der Waals surface area contributed by atoms with Crippen LogP contribution in [0.4, 0.5) is 11.4 Å². The largest absolute Gasteiger partial charge is 0.398 e. The van der Waals surface area contributed by atoms with Crippen LogP contribution in [0.5, 0.6) is 0 Å². The van der Waals surface area contributed by atoms with Crippen LogP contribution < -0.4 is 11.1 Å². The molecule has 3 aromatic carbocycles. The molecule has 1 aliphatic heterocycles. The van der Waals surface area contributed by atoms with Gasteiger partial charge in [0.1, 0.15) is 5.84 Å². The number of hydrogen-bond acceptors (Lipinski definition) is 3. The van der Waals surface area contributed by atoms with E-state index >= 15 is 0 Å². The fraction of sp³-hybridized carbons (Fsp3) is 0. The lowest BCUT2D eigenvalue weighted by atomic mass is 10.1. The summed E-state index contributed by atoms with van der Waals surface area (Å²) in [7, 11) is 0. The molecule has 1 aliphatic rings. The standard InChI is InChI=1S/C18H9Cl4N3O/c19-13-11-12(14(20)16(22)15(13)21)18(26)25-17(11)24-10-6-2-3-7-8(10)4-1-5-9(7)23/h1-6H,23H2,(H,24,25,26). The minimum Gasteiger partial charge on any atom is -0.398 e. The number of halogens is 4. The van der Waals surface area contributed by atoms with E-state index in [0.29, 0.717) is 16.9 Å². The topological polar surface area (TPSA) is 67.5 Å². The van der Waals surface area contributed by atoms with Gasteiger partial charge in [0, 0.05) is 16.5 Å². The molecule has 0 atom stereocenters. The molecule has 0 bridgehead atoms. The number of aliphatic imine (C=N–C) groups is 1. The molecule has 4 nitrogen and oxygen atoms in total. The summed E-state index contributed by atoms with van der Waals surface area (Å²) < 4.78 is 0. The highest BCUT2D eigenvalue weighted by molar-refractivity contribution is 6.55. The van der Waals surface area contributed by atoms with Gasteiger partial charge in [-0.05, 0) is 12.1 Å². The lowest BCUT2D eigenvalue weighted by molar-refractivity contribution is 0.0983. The fourth-order valence-corrected chi connectivity index (χ4v) is 3.95. The number of carbonyl (C=O) groups is 1. The number of fused-ring (bicyclic) bond motifs is 2. The Kier molecular flexibility index (Phi) is 4.24. The van der Waals surface area contributed by atoms with E-state index in [0.717, 1.165) is 10.8 Å². The molecular weight excluding hydrogens is 416 g/mol. The number of nitrogen functional groups attached to an aromatic ring is 1. The first-order valence-electron chi connectivity index (χ1n) is 7.43. The maximum absolute atomic E-state index is 12.4. The molecule has 3 N–H and O–H groups in total. The third kappa shape index (κ3) is 2.53. The first kappa shape index (κ1) is 17.4. The van der Waals surface area contributed by atoms with Crippen molar-refractivity contribution in [2.24, 2.45) is 4.99 Å². The third-order valence-electron chi connectivity index (χ3n) is 4.13. The predicted octanol–water partition coefficient (Wildman–Crippen LogP) is 5.86. The Labute approximate surface area is 168 Å². The summed E-state index contributed by atoms with van der Waals surface area (Å²) in [6.45, 7) is 0. The molecule has 0 aromatic heterocycles. The van der Waals surface area contributed by atoms with Gasteiger partial charge < -0.3 is 11.1 Å². The van der Waals surface area contributed by atoms with Crippen molar-refractivity contribution in [1.29, 1.82) is 0 Å². The molecule has 0 radical (unpaired) electrons. The second-order valence-corrected chi connectivity index (χ2v) is 7.15. The highest BCUT2D eigenvalue weighted by atomic mass is 35.5. The minimum atomic E-state index is -0.441. The highest BCUT2D eigenvalue weighted by Crippen LogP contribution is 2.43. The zero-order valence-electron chi connectivity index (χ0n) is 12.9. The van der Waals surface area contributed by atoms with Crippen LogP contribution in [0, 0.1) is 0 Å². The molecule has 0 saturated carbocycles. The van der Waals surface area contributed by atoms with Crippen molar-refractivity contribution in [3.63, 3.8) is 0 Å². The van der Waals surface area contributed by atoms with Crippen molar-refractivity contribution in [2.75, 3.05) is 5.73 Å². The summed E-state index contributed by atoms with van der Waals surface area (Å²) in [5, 5.41) is 4.64. The molecule has 26 heavy (non-hydrogen) atoms. The Bertz CT molecular complexity index is 1140. The van der Waals surface area contributed by atoms with Crippen molar-refractivity contribution in [3.8, 4) is 0 Å². The van der Waals surface area contributed by atoms with E-state index in [-0.39, 0.29) is 31.5 Å². The average molecular weight is 425 g/mol. The molecular formula is C18H9Cl4N3O. The fourth-order valence-electron chi connectivity index (χ4n) is 2.92. The quantitative estimate of drug-likeness (QED) is 0.292. The monoisotopic (exact) mass is 423 g/mol. The molecule has 130 valence electrons. The Morgan fingerprint density at radius 1 is 0.808 bits per heavy atom. The molecule has 0 aliphatic carbocycles.